The Bertz CT molecular complexity index is 491. The molecule has 1 aromatic heterocycles. The molecule has 0 aliphatic carbocycles. The molecular weight excluding hydrogens is 238 g/mol. The van der Waals surface area contributed by atoms with Gasteiger partial charge in [0.05, 0.1) is 12.2 Å². The average Bonchev–Trinajstić information content (AvgIpc) is 2.37. The largest absolute Gasteiger partial charge is 0.435 e. The summed E-state index contributed by atoms with van der Waals surface area (Å²) in [6.07, 6.45) is 1.70. The molecule has 0 aliphatic rings. The van der Waals surface area contributed by atoms with E-state index in [4.69, 9.17) is 0 Å². The normalized spacial score (nSPS) is 10.4. The van der Waals surface area contributed by atoms with Gasteiger partial charge >= 0.3 is 6.61 Å². The first-order valence-electron chi connectivity index (χ1n) is 5.43. The number of pyridine rings is 1. The van der Waals surface area contributed by atoms with E-state index in [1.165, 1.54) is 12.1 Å². The number of alkyl halides is 2. The highest BCUT2D eigenvalue weighted by molar-refractivity contribution is 5.48. The Kier molecular flexibility index (Phi) is 4.06. The SMILES string of the molecule is FC(F)Oc1cccc(NCc2ccccn2)c1. The predicted molar refractivity (Wildman–Crippen MR) is 64.6 cm³/mol. The molecular formula is C13H12F2N2O. The Labute approximate surface area is 103 Å². The fourth-order valence-electron chi connectivity index (χ4n) is 1.48. The number of hydrogen-bond acceptors (Lipinski definition) is 3. The topological polar surface area (TPSA) is 34.1 Å². The van der Waals surface area contributed by atoms with Crippen molar-refractivity contribution in [3.63, 3.8) is 0 Å². The third-order valence-corrected chi connectivity index (χ3v) is 2.26. The van der Waals surface area contributed by atoms with E-state index in [-0.39, 0.29) is 5.75 Å². The highest BCUT2D eigenvalue weighted by Gasteiger charge is 2.04. The van der Waals surface area contributed by atoms with Crippen molar-refractivity contribution < 1.29 is 13.5 Å². The summed E-state index contributed by atoms with van der Waals surface area (Å²) in [5.41, 5.74) is 1.58. The maximum absolute atomic E-state index is 12.1. The first-order chi connectivity index (χ1) is 8.74. The molecule has 1 aromatic carbocycles. The smallest absolute Gasteiger partial charge is 0.387 e. The van der Waals surface area contributed by atoms with Gasteiger partial charge < -0.3 is 10.1 Å². The van der Waals surface area contributed by atoms with E-state index < -0.39 is 6.61 Å². The molecule has 5 heteroatoms. The van der Waals surface area contributed by atoms with Crippen LogP contribution in [0.5, 0.6) is 5.75 Å². The molecule has 0 fully saturated rings. The number of rotatable bonds is 5. The van der Waals surface area contributed by atoms with Crippen LogP contribution < -0.4 is 10.1 Å². The fraction of sp³-hybridized carbons (Fsp3) is 0.154. The summed E-state index contributed by atoms with van der Waals surface area (Å²) < 4.78 is 28.4. The summed E-state index contributed by atoms with van der Waals surface area (Å²) in [4.78, 5) is 4.15. The summed E-state index contributed by atoms with van der Waals surface area (Å²) in [6.45, 7) is -2.28. The lowest BCUT2D eigenvalue weighted by Crippen LogP contribution is -2.04. The molecule has 0 saturated heterocycles. The first-order valence-corrected chi connectivity index (χ1v) is 5.43. The second-order valence-corrected chi connectivity index (χ2v) is 3.58. The molecule has 2 aromatic rings. The Morgan fingerprint density at radius 2 is 2.06 bits per heavy atom. The number of nitrogens with zero attached hydrogens (tertiary/aromatic N) is 1. The van der Waals surface area contributed by atoms with E-state index in [0.717, 1.165) is 5.69 Å². The van der Waals surface area contributed by atoms with Crippen molar-refractivity contribution in [2.45, 2.75) is 13.2 Å². The van der Waals surface area contributed by atoms with Crippen LogP contribution >= 0.6 is 0 Å². The Balaban J connectivity index is 1.97. The molecule has 0 unspecified atom stereocenters. The lowest BCUT2D eigenvalue weighted by molar-refractivity contribution is -0.0498. The molecule has 3 nitrogen and oxygen atoms in total. The number of anilines is 1. The number of benzene rings is 1. The standard InChI is InChI=1S/C13H12F2N2O/c14-13(15)18-12-6-3-5-10(8-12)17-9-11-4-1-2-7-16-11/h1-8,13,17H,9H2. The van der Waals surface area contributed by atoms with Gasteiger partial charge in [0.1, 0.15) is 5.75 Å². The molecule has 0 atom stereocenters. The number of halogens is 2. The van der Waals surface area contributed by atoms with E-state index in [0.29, 0.717) is 12.2 Å². The molecule has 0 bridgehead atoms. The zero-order chi connectivity index (χ0) is 12.8. The Morgan fingerprint density at radius 1 is 1.17 bits per heavy atom. The van der Waals surface area contributed by atoms with Crippen molar-refractivity contribution in [2.24, 2.45) is 0 Å². The molecule has 1 heterocycles. The van der Waals surface area contributed by atoms with Gasteiger partial charge in [0.25, 0.3) is 0 Å². The molecule has 0 amide bonds. The average molecular weight is 250 g/mol. The molecule has 94 valence electrons. The monoisotopic (exact) mass is 250 g/mol. The summed E-state index contributed by atoms with van der Waals surface area (Å²) in [7, 11) is 0. The van der Waals surface area contributed by atoms with Crippen LogP contribution in [0.2, 0.25) is 0 Å². The van der Waals surface area contributed by atoms with Gasteiger partial charge in [0, 0.05) is 18.0 Å². The molecule has 1 N–H and O–H groups in total. The van der Waals surface area contributed by atoms with Gasteiger partial charge in [-0.25, -0.2) is 0 Å². The van der Waals surface area contributed by atoms with Crippen molar-refractivity contribution in [3.05, 3.63) is 54.4 Å². The van der Waals surface area contributed by atoms with Crippen molar-refractivity contribution in [3.8, 4) is 5.75 Å². The van der Waals surface area contributed by atoms with Crippen LogP contribution in [0.3, 0.4) is 0 Å². The second-order valence-electron chi connectivity index (χ2n) is 3.58. The van der Waals surface area contributed by atoms with Gasteiger partial charge in [-0.2, -0.15) is 8.78 Å². The van der Waals surface area contributed by atoms with Gasteiger partial charge in [-0.15, -0.1) is 0 Å². The number of ether oxygens (including phenoxy) is 1. The second kappa shape index (κ2) is 5.95. The Morgan fingerprint density at radius 3 is 2.78 bits per heavy atom. The summed E-state index contributed by atoms with van der Waals surface area (Å²) >= 11 is 0. The van der Waals surface area contributed by atoms with E-state index in [9.17, 15) is 8.78 Å². The molecule has 0 spiro atoms. The number of nitrogens with one attached hydrogen (secondary N) is 1. The zero-order valence-corrected chi connectivity index (χ0v) is 9.51. The molecule has 0 saturated carbocycles. The van der Waals surface area contributed by atoms with Gasteiger partial charge in [0.15, 0.2) is 0 Å². The molecule has 18 heavy (non-hydrogen) atoms. The minimum atomic E-state index is -2.81. The quantitative estimate of drug-likeness (QED) is 0.884. The van der Waals surface area contributed by atoms with E-state index in [1.807, 2.05) is 18.2 Å². The Hall–Kier alpha value is -2.17. The van der Waals surface area contributed by atoms with Crippen LogP contribution in [0.15, 0.2) is 48.7 Å². The summed E-state index contributed by atoms with van der Waals surface area (Å²) in [6, 6.07) is 12.0. The lowest BCUT2D eigenvalue weighted by Gasteiger charge is -2.08. The highest BCUT2D eigenvalue weighted by Crippen LogP contribution is 2.19. The molecule has 0 radical (unpaired) electrons. The van der Waals surface area contributed by atoms with Crippen LogP contribution in [0.1, 0.15) is 5.69 Å². The lowest BCUT2D eigenvalue weighted by atomic mass is 10.3. The number of hydrogen-bond donors (Lipinski definition) is 1. The minimum absolute atomic E-state index is 0.135. The van der Waals surface area contributed by atoms with Crippen LogP contribution in [-0.2, 0) is 6.54 Å². The fourth-order valence-corrected chi connectivity index (χ4v) is 1.48. The predicted octanol–water partition coefficient (Wildman–Crippen LogP) is 3.30. The van der Waals surface area contributed by atoms with E-state index in [2.05, 4.69) is 15.0 Å². The van der Waals surface area contributed by atoms with Crippen molar-refractivity contribution in [1.29, 1.82) is 0 Å². The molecule has 0 aliphatic heterocycles. The third-order valence-electron chi connectivity index (χ3n) is 2.26. The van der Waals surface area contributed by atoms with E-state index in [1.54, 1.807) is 18.3 Å². The maximum atomic E-state index is 12.1. The first kappa shape index (κ1) is 12.3. The third kappa shape index (κ3) is 3.69. The van der Waals surface area contributed by atoms with Crippen LogP contribution in [0, 0.1) is 0 Å². The van der Waals surface area contributed by atoms with Crippen LogP contribution in [0.25, 0.3) is 0 Å². The molecule has 2 rings (SSSR count). The highest BCUT2D eigenvalue weighted by atomic mass is 19.3. The van der Waals surface area contributed by atoms with Crippen molar-refractivity contribution in [1.82, 2.24) is 4.98 Å². The number of aromatic nitrogens is 1. The van der Waals surface area contributed by atoms with Crippen LogP contribution in [0.4, 0.5) is 14.5 Å². The zero-order valence-electron chi connectivity index (χ0n) is 9.51. The van der Waals surface area contributed by atoms with Gasteiger partial charge in [-0.3, -0.25) is 4.98 Å². The van der Waals surface area contributed by atoms with E-state index >= 15 is 0 Å². The van der Waals surface area contributed by atoms with Crippen LogP contribution in [-0.4, -0.2) is 11.6 Å². The van der Waals surface area contributed by atoms with Crippen molar-refractivity contribution in [2.75, 3.05) is 5.32 Å². The minimum Gasteiger partial charge on any atom is -0.435 e. The van der Waals surface area contributed by atoms with Gasteiger partial charge in [-0.1, -0.05) is 12.1 Å². The summed E-state index contributed by atoms with van der Waals surface area (Å²) in [5, 5.41) is 3.09. The maximum Gasteiger partial charge on any atom is 0.387 e. The van der Waals surface area contributed by atoms with Gasteiger partial charge in [0.2, 0.25) is 0 Å². The van der Waals surface area contributed by atoms with Gasteiger partial charge in [-0.05, 0) is 24.3 Å². The summed E-state index contributed by atoms with van der Waals surface area (Å²) in [5.74, 6) is 0.135. The van der Waals surface area contributed by atoms with Crippen molar-refractivity contribution >= 4 is 5.69 Å².